The van der Waals surface area contributed by atoms with Crippen LogP contribution in [0.5, 0.6) is 0 Å². The predicted octanol–water partition coefficient (Wildman–Crippen LogP) is 2.65. The van der Waals surface area contributed by atoms with E-state index in [4.69, 9.17) is 5.73 Å². The van der Waals surface area contributed by atoms with E-state index < -0.39 is 15.8 Å². The minimum Gasteiger partial charge on any atom is -0.398 e. The molecule has 0 saturated carbocycles. The molecule has 0 unspecified atom stereocenters. The molecule has 3 N–H and O–H groups in total. The minimum absolute atomic E-state index is 0.00899. The maximum atomic E-state index is 13.1. The molecule has 7 heteroatoms. The van der Waals surface area contributed by atoms with Crippen molar-refractivity contribution < 1.29 is 12.8 Å². The highest BCUT2D eigenvalue weighted by atomic mass is 79.9. The van der Waals surface area contributed by atoms with Crippen LogP contribution < -0.4 is 10.5 Å². The summed E-state index contributed by atoms with van der Waals surface area (Å²) in [5, 5.41) is 0. The first-order valence-electron chi connectivity index (χ1n) is 5.67. The molecule has 0 spiro atoms. The number of nitrogens with two attached hydrogens (primary N) is 1. The molecule has 2 aromatic carbocycles. The molecule has 0 amide bonds. The molecule has 2 rings (SSSR count). The SMILES string of the molecule is Nc1ccc(F)cc1S(=O)(=O)NCc1ccc(Br)cc1. The van der Waals surface area contributed by atoms with Crippen molar-refractivity contribution in [3.05, 3.63) is 58.3 Å². The summed E-state index contributed by atoms with van der Waals surface area (Å²) in [6, 6.07) is 10.4. The van der Waals surface area contributed by atoms with Gasteiger partial charge in [0.05, 0.1) is 5.69 Å². The predicted molar refractivity (Wildman–Crippen MR) is 79.0 cm³/mol. The van der Waals surface area contributed by atoms with Gasteiger partial charge in [-0.25, -0.2) is 17.5 Å². The fraction of sp³-hybridized carbons (Fsp3) is 0.0769. The summed E-state index contributed by atoms with van der Waals surface area (Å²) >= 11 is 3.29. The molecule has 0 fully saturated rings. The second kappa shape index (κ2) is 5.90. The zero-order valence-electron chi connectivity index (χ0n) is 10.3. The van der Waals surface area contributed by atoms with Crippen LogP contribution in [0.2, 0.25) is 0 Å². The molecule has 2 aromatic rings. The summed E-state index contributed by atoms with van der Waals surface area (Å²) in [7, 11) is -3.85. The highest BCUT2D eigenvalue weighted by molar-refractivity contribution is 9.10. The lowest BCUT2D eigenvalue weighted by Gasteiger charge is -2.09. The number of sulfonamides is 1. The normalized spacial score (nSPS) is 11.5. The van der Waals surface area contributed by atoms with Gasteiger partial charge in [-0.1, -0.05) is 28.1 Å². The third-order valence-corrected chi connectivity index (χ3v) is 4.63. The van der Waals surface area contributed by atoms with E-state index >= 15 is 0 Å². The Kier molecular flexibility index (Phi) is 4.42. The van der Waals surface area contributed by atoms with Crippen molar-refractivity contribution in [2.45, 2.75) is 11.4 Å². The average Bonchev–Trinajstić information content (AvgIpc) is 2.41. The van der Waals surface area contributed by atoms with Gasteiger partial charge in [-0.05, 0) is 35.9 Å². The van der Waals surface area contributed by atoms with Crippen LogP contribution in [0.3, 0.4) is 0 Å². The topological polar surface area (TPSA) is 72.2 Å². The fourth-order valence-electron chi connectivity index (χ4n) is 1.60. The summed E-state index contributed by atoms with van der Waals surface area (Å²) in [5.74, 6) is -0.650. The number of benzene rings is 2. The zero-order valence-corrected chi connectivity index (χ0v) is 12.7. The molecule has 0 aliphatic rings. The van der Waals surface area contributed by atoms with E-state index in [-0.39, 0.29) is 17.1 Å². The van der Waals surface area contributed by atoms with Crippen molar-refractivity contribution in [1.29, 1.82) is 0 Å². The lowest BCUT2D eigenvalue weighted by molar-refractivity contribution is 0.578. The van der Waals surface area contributed by atoms with Crippen LogP contribution in [0.4, 0.5) is 10.1 Å². The van der Waals surface area contributed by atoms with Crippen LogP contribution in [0.25, 0.3) is 0 Å². The van der Waals surface area contributed by atoms with Gasteiger partial charge in [0.1, 0.15) is 10.7 Å². The summed E-state index contributed by atoms with van der Waals surface area (Å²) in [6.45, 7) is 0.103. The molecule has 106 valence electrons. The molecule has 0 bridgehead atoms. The van der Waals surface area contributed by atoms with Gasteiger partial charge in [0, 0.05) is 11.0 Å². The van der Waals surface area contributed by atoms with E-state index in [9.17, 15) is 12.8 Å². The quantitative estimate of drug-likeness (QED) is 0.825. The molecule has 4 nitrogen and oxygen atoms in total. The van der Waals surface area contributed by atoms with E-state index in [1.807, 2.05) is 0 Å². The molecule has 0 heterocycles. The first-order chi connectivity index (χ1) is 9.38. The van der Waals surface area contributed by atoms with Gasteiger partial charge >= 0.3 is 0 Å². The fourth-order valence-corrected chi connectivity index (χ4v) is 3.02. The van der Waals surface area contributed by atoms with Gasteiger partial charge in [0.25, 0.3) is 0 Å². The van der Waals surface area contributed by atoms with E-state index in [2.05, 4.69) is 20.7 Å². The Labute approximate surface area is 125 Å². The number of anilines is 1. The summed E-state index contributed by atoms with van der Waals surface area (Å²) < 4.78 is 40.6. The second-order valence-electron chi connectivity index (χ2n) is 4.13. The van der Waals surface area contributed by atoms with Gasteiger partial charge < -0.3 is 5.73 Å². The van der Waals surface area contributed by atoms with Crippen molar-refractivity contribution >= 4 is 31.6 Å². The molecule has 0 radical (unpaired) electrons. The Hall–Kier alpha value is -1.44. The molecule has 0 aromatic heterocycles. The number of hydrogen-bond donors (Lipinski definition) is 2. The van der Waals surface area contributed by atoms with Crippen LogP contribution in [-0.2, 0) is 16.6 Å². The first kappa shape index (κ1) is 15.0. The average molecular weight is 359 g/mol. The number of rotatable bonds is 4. The Balaban J connectivity index is 2.19. The summed E-state index contributed by atoms with van der Waals surface area (Å²) in [4.78, 5) is -0.255. The molecule has 0 aliphatic carbocycles. The lowest BCUT2D eigenvalue weighted by atomic mass is 10.2. The summed E-state index contributed by atoms with van der Waals surface area (Å²) in [5.41, 5.74) is 6.37. The van der Waals surface area contributed by atoms with Crippen LogP contribution in [-0.4, -0.2) is 8.42 Å². The van der Waals surface area contributed by atoms with Crippen molar-refractivity contribution in [3.63, 3.8) is 0 Å². The highest BCUT2D eigenvalue weighted by Crippen LogP contribution is 2.19. The van der Waals surface area contributed by atoms with Crippen LogP contribution in [0, 0.1) is 5.82 Å². The molecule has 0 saturated heterocycles. The molecule has 0 atom stereocenters. The third kappa shape index (κ3) is 3.56. The monoisotopic (exact) mass is 358 g/mol. The molecule has 20 heavy (non-hydrogen) atoms. The second-order valence-corrected chi connectivity index (χ2v) is 6.78. The van der Waals surface area contributed by atoms with Crippen LogP contribution >= 0.6 is 15.9 Å². The largest absolute Gasteiger partial charge is 0.398 e. The Morgan fingerprint density at radius 3 is 2.45 bits per heavy atom. The van der Waals surface area contributed by atoms with Gasteiger partial charge in [-0.15, -0.1) is 0 Å². The van der Waals surface area contributed by atoms with Crippen LogP contribution in [0.1, 0.15) is 5.56 Å². The maximum absolute atomic E-state index is 13.1. The molecule has 0 aliphatic heterocycles. The van der Waals surface area contributed by atoms with Crippen molar-refractivity contribution in [2.24, 2.45) is 0 Å². The minimum atomic E-state index is -3.85. The van der Waals surface area contributed by atoms with Gasteiger partial charge in [0.15, 0.2) is 0 Å². The Morgan fingerprint density at radius 1 is 1.15 bits per heavy atom. The number of halogens is 2. The maximum Gasteiger partial charge on any atom is 0.243 e. The first-order valence-corrected chi connectivity index (χ1v) is 7.95. The van der Waals surface area contributed by atoms with Crippen molar-refractivity contribution in [1.82, 2.24) is 4.72 Å². The standard InChI is InChI=1S/C13H12BrFN2O2S/c14-10-3-1-9(2-4-10)8-17-20(18,19)13-7-11(15)5-6-12(13)16/h1-7,17H,8,16H2. The third-order valence-electron chi connectivity index (χ3n) is 2.64. The number of hydrogen-bond acceptors (Lipinski definition) is 3. The van der Waals surface area contributed by atoms with Crippen molar-refractivity contribution in [2.75, 3.05) is 5.73 Å². The zero-order chi connectivity index (χ0) is 14.8. The van der Waals surface area contributed by atoms with E-state index in [0.29, 0.717) is 0 Å². The van der Waals surface area contributed by atoms with E-state index in [1.165, 1.54) is 6.07 Å². The summed E-state index contributed by atoms with van der Waals surface area (Å²) in [6.07, 6.45) is 0. The van der Waals surface area contributed by atoms with Crippen molar-refractivity contribution in [3.8, 4) is 0 Å². The Bertz CT molecular complexity index is 718. The van der Waals surface area contributed by atoms with Gasteiger partial charge in [0.2, 0.25) is 10.0 Å². The lowest BCUT2D eigenvalue weighted by Crippen LogP contribution is -2.24. The smallest absolute Gasteiger partial charge is 0.243 e. The highest BCUT2D eigenvalue weighted by Gasteiger charge is 2.17. The van der Waals surface area contributed by atoms with E-state index in [0.717, 1.165) is 22.2 Å². The van der Waals surface area contributed by atoms with Crippen LogP contribution in [0.15, 0.2) is 51.8 Å². The Morgan fingerprint density at radius 2 is 1.80 bits per heavy atom. The molecular formula is C13H12BrFN2O2S. The number of nitrogen functional groups attached to an aromatic ring is 1. The van der Waals surface area contributed by atoms with E-state index in [1.54, 1.807) is 24.3 Å². The van der Waals surface area contributed by atoms with Gasteiger partial charge in [-0.3, -0.25) is 0 Å². The van der Waals surface area contributed by atoms with Gasteiger partial charge in [-0.2, -0.15) is 0 Å². The molecular weight excluding hydrogens is 347 g/mol. The number of nitrogens with one attached hydrogen (secondary N) is 1.